The van der Waals surface area contributed by atoms with Crippen LogP contribution in [0.15, 0.2) is 65.5 Å². The molecule has 1 aliphatic heterocycles. The molecule has 6 heteroatoms. The molecule has 2 atom stereocenters. The van der Waals surface area contributed by atoms with Crippen LogP contribution in [0.4, 0.5) is 0 Å². The Bertz CT molecular complexity index is 872. The topological polar surface area (TPSA) is 46.2 Å². The summed E-state index contributed by atoms with van der Waals surface area (Å²) < 4.78 is 7.77. The minimum atomic E-state index is 0.0105. The summed E-state index contributed by atoms with van der Waals surface area (Å²) in [5.41, 5.74) is 2.19. The molecule has 0 amide bonds. The van der Waals surface area contributed by atoms with E-state index in [-0.39, 0.29) is 18.1 Å². The highest BCUT2D eigenvalue weighted by Crippen LogP contribution is 2.40. The number of hydrogen-bond acceptors (Lipinski definition) is 3. The Morgan fingerprint density at radius 3 is 2.77 bits per heavy atom. The molecule has 1 N–H and O–H groups in total. The Morgan fingerprint density at radius 1 is 1.19 bits per heavy atom. The van der Waals surface area contributed by atoms with Crippen molar-refractivity contribution in [1.29, 1.82) is 0 Å². The fourth-order valence-electron chi connectivity index (χ4n) is 3.65. The van der Waals surface area contributed by atoms with E-state index in [0.29, 0.717) is 6.54 Å². The molecule has 5 nitrogen and oxygen atoms in total. The minimum Gasteiger partial charge on any atom is -0.467 e. The molecule has 0 aliphatic carbocycles. The molecule has 26 heavy (non-hydrogen) atoms. The Balaban J connectivity index is 1.75. The van der Waals surface area contributed by atoms with Gasteiger partial charge < -0.3 is 19.2 Å². The van der Waals surface area contributed by atoms with Crippen LogP contribution in [0, 0.1) is 0 Å². The lowest BCUT2D eigenvalue weighted by Gasteiger charge is -2.31. The fourth-order valence-corrected chi connectivity index (χ4v) is 4.10. The average Bonchev–Trinajstić information content (AvgIpc) is 3.36. The highest BCUT2D eigenvalue weighted by molar-refractivity contribution is 7.80. The van der Waals surface area contributed by atoms with Crippen molar-refractivity contribution in [2.75, 3.05) is 0 Å². The zero-order valence-corrected chi connectivity index (χ0v) is 15.7. The van der Waals surface area contributed by atoms with E-state index in [1.165, 1.54) is 5.69 Å². The Morgan fingerprint density at radius 2 is 2.08 bits per heavy atom. The van der Waals surface area contributed by atoms with E-state index in [9.17, 15) is 0 Å². The summed E-state index contributed by atoms with van der Waals surface area (Å²) >= 11 is 5.66. The Kier molecular flexibility index (Phi) is 4.51. The first-order chi connectivity index (χ1) is 12.6. The van der Waals surface area contributed by atoms with Crippen molar-refractivity contribution in [1.82, 2.24) is 19.8 Å². The predicted molar refractivity (Wildman–Crippen MR) is 105 cm³/mol. The van der Waals surface area contributed by atoms with Crippen LogP contribution in [0.5, 0.6) is 0 Å². The molecule has 1 fully saturated rings. The van der Waals surface area contributed by atoms with Gasteiger partial charge >= 0.3 is 0 Å². The zero-order valence-electron chi connectivity index (χ0n) is 14.9. The van der Waals surface area contributed by atoms with Crippen LogP contribution < -0.4 is 5.32 Å². The Labute approximate surface area is 158 Å². The van der Waals surface area contributed by atoms with Crippen LogP contribution in [0.25, 0.3) is 0 Å². The number of nitrogens with one attached hydrogen (secondary N) is 1. The van der Waals surface area contributed by atoms with Gasteiger partial charge in [-0.15, -0.1) is 0 Å². The van der Waals surface area contributed by atoms with Crippen LogP contribution in [-0.2, 0) is 6.54 Å². The summed E-state index contributed by atoms with van der Waals surface area (Å²) in [5, 5.41) is 4.25. The van der Waals surface area contributed by atoms with Gasteiger partial charge in [-0.05, 0) is 62.5 Å². The molecule has 0 bridgehead atoms. The van der Waals surface area contributed by atoms with Gasteiger partial charge in [-0.2, -0.15) is 0 Å². The summed E-state index contributed by atoms with van der Waals surface area (Å²) in [6.45, 7) is 5.03. The summed E-state index contributed by atoms with van der Waals surface area (Å²) in [6.07, 6.45) is 5.63. The van der Waals surface area contributed by atoms with Crippen LogP contribution in [0.3, 0.4) is 0 Å². The number of pyridine rings is 1. The van der Waals surface area contributed by atoms with Gasteiger partial charge in [-0.25, -0.2) is 0 Å². The average molecular weight is 366 g/mol. The number of nitrogens with zero attached hydrogens (tertiary/aromatic N) is 3. The number of hydrogen-bond donors (Lipinski definition) is 1. The maximum atomic E-state index is 5.66. The lowest BCUT2D eigenvalue weighted by molar-refractivity contribution is 0.258. The molecular formula is C20H22N4OS. The van der Waals surface area contributed by atoms with Crippen molar-refractivity contribution in [2.45, 2.75) is 38.5 Å². The predicted octanol–water partition coefficient (Wildman–Crippen LogP) is 3.91. The molecule has 3 aromatic heterocycles. The van der Waals surface area contributed by atoms with Crippen molar-refractivity contribution >= 4 is 17.3 Å². The second-order valence-electron chi connectivity index (χ2n) is 6.77. The van der Waals surface area contributed by atoms with Gasteiger partial charge in [0.2, 0.25) is 0 Å². The van der Waals surface area contributed by atoms with Gasteiger partial charge in [0.15, 0.2) is 5.11 Å². The van der Waals surface area contributed by atoms with Crippen LogP contribution in [0.2, 0.25) is 0 Å². The van der Waals surface area contributed by atoms with Crippen LogP contribution >= 0.6 is 12.2 Å². The molecular weight excluding hydrogens is 344 g/mol. The first-order valence-electron chi connectivity index (χ1n) is 8.82. The first-order valence-corrected chi connectivity index (χ1v) is 9.23. The Hall–Kier alpha value is -2.60. The first kappa shape index (κ1) is 16.8. The van der Waals surface area contributed by atoms with E-state index in [4.69, 9.17) is 16.6 Å². The monoisotopic (exact) mass is 366 g/mol. The van der Waals surface area contributed by atoms with Gasteiger partial charge in [0.25, 0.3) is 0 Å². The van der Waals surface area contributed by atoms with Gasteiger partial charge in [-0.3, -0.25) is 4.98 Å². The van der Waals surface area contributed by atoms with Crippen molar-refractivity contribution in [2.24, 2.45) is 0 Å². The third-order valence-electron chi connectivity index (χ3n) is 4.77. The molecule has 2 unspecified atom stereocenters. The summed E-state index contributed by atoms with van der Waals surface area (Å²) in [6, 6.07) is 14.5. The van der Waals surface area contributed by atoms with Crippen LogP contribution in [-0.4, -0.2) is 25.6 Å². The van der Waals surface area contributed by atoms with Gasteiger partial charge in [0.1, 0.15) is 5.76 Å². The molecule has 0 radical (unpaired) electrons. The molecule has 4 rings (SSSR count). The van der Waals surface area contributed by atoms with Crippen LogP contribution in [0.1, 0.15) is 43.1 Å². The fraction of sp³-hybridized carbons (Fsp3) is 0.300. The lowest BCUT2D eigenvalue weighted by atomic mass is 10.0. The van der Waals surface area contributed by atoms with Gasteiger partial charge in [0, 0.05) is 24.1 Å². The van der Waals surface area contributed by atoms with E-state index < -0.39 is 0 Å². The van der Waals surface area contributed by atoms with Crippen molar-refractivity contribution in [3.8, 4) is 0 Å². The SMILES string of the molecule is CC(C)N1C(=S)NC(c2ccccn2)C1c1cccn1Cc1ccco1. The number of furan rings is 1. The normalized spacial score (nSPS) is 20.0. The standard InChI is InChI=1S/C20H22N4OS/c1-14(2)24-19(18(22-20(24)26)16-8-3-4-10-21-16)17-9-5-11-23(17)13-15-7-6-12-25-15/h3-12,14,18-19H,13H2,1-2H3,(H,22,26). The lowest BCUT2D eigenvalue weighted by Crippen LogP contribution is -2.36. The molecule has 1 saturated heterocycles. The van der Waals surface area contributed by atoms with Crippen molar-refractivity contribution in [3.05, 3.63) is 78.3 Å². The van der Waals surface area contributed by atoms with E-state index in [1.54, 1.807) is 6.26 Å². The minimum absolute atomic E-state index is 0.0105. The molecule has 1 aliphatic rings. The summed E-state index contributed by atoms with van der Waals surface area (Å²) in [5.74, 6) is 0.932. The molecule has 134 valence electrons. The van der Waals surface area contributed by atoms with E-state index in [1.807, 2.05) is 30.5 Å². The highest BCUT2D eigenvalue weighted by atomic mass is 32.1. The second kappa shape index (κ2) is 6.96. The number of aromatic nitrogens is 2. The second-order valence-corrected chi connectivity index (χ2v) is 7.15. The van der Waals surface area contributed by atoms with E-state index in [0.717, 1.165) is 16.6 Å². The summed E-state index contributed by atoms with van der Waals surface area (Å²) in [4.78, 5) is 6.84. The maximum Gasteiger partial charge on any atom is 0.170 e. The molecule has 4 heterocycles. The molecule has 0 aromatic carbocycles. The highest BCUT2D eigenvalue weighted by Gasteiger charge is 2.42. The van der Waals surface area contributed by atoms with Crippen molar-refractivity contribution in [3.63, 3.8) is 0 Å². The maximum absolute atomic E-state index is 5.66. The molecule has 0 saturated carbocycles. The number of thiocarbonyl (C=S) groups is 1. The van der Waals surface area contributed by atoms with Crippen molar-refractivity contribution < 1.29 is 4.42 Å². The smallest absolute Gasteiger partial charge is 0.170 e. The van der Waals surface area contributed by atoms with Gasteiger partial charge in [-0.1, -0.05) is 6.07 Å². The largest absolute Gasteiger partial charge is 0.467 e. The van der Waals surface area contributed by atoms with E-state index in [2.05, 4.69) is 58.0 Å². The molecule has 0 spiro atoms. The summed E-state index contributed by atoms with van der Waals surface area (Å²) in [7, 11) is 0. The zero-order chi connectivity index (χ0) is 18.1. The van der Waals surface area contributed by atoms with E-state index >= 15 is 0 Å². The third-order valence-corrected chi connectivity index (χ3v) is 5.09. The molecule has 3 aromatic rings. The quantitative estimate of drug-likeness (QED) is 0.694. The van der Waals surface area contributed by atoms with Gasteiger partial charge in [0.05, 0.1) is 30.6 Å². The number of rotatable bonds is 5. The third kappa shape index (κ3) is 3.01.